The first kappa shape index (κ1) is 14.5. The smallest absolute Gasteiger partial charge is 0.326 e. The van der Waals surface area contributed by atoms with Crippen LogP contribution in [0, 0.1) is 5.92 Å². The Bertz CT molecular complexity index is 339. The van der Waals surface area contributed by atoms with Gasteiger partial charge < -0.3 is 15.3 Å². The molecule has 1 saturated carbocycles. The summed E-state index contributed by atoms with van der Waals surface area (Å²) < 4.78 is 0. The number of piperidine rings is 1. The highest BCUT2D eigenvalue weighted by Crippen LogP contribution is 2.33. The van der Waals surface area contributed by atoms with Gasteiger partial charge in [-0.3, -0.25) is 0 Å². The second kappa shape index (κ2) is 6.50. The number of likely N-dealkylation sites (tertiary alicyclic amines) is 1. The van der Waals surface area contributed by atoms with Crippen molar-refractivity contribution >= 4 is 23.8 Å². The van der Waals surface area contributed by atoms with Gasteiger partial charge in [0.2, 0.25) is 0 Å². The Balaban J connectivity index is 1.79. The van der Waals surface area contributed by atoms with E-state index in [-0.39, 0.29) is 6.03 Å². The number of hydrogen-bond acceptors (Lipinski definition) is 3. The zero-order chi connectivity index (χ0) is 13.8. The van der Waals surface area contributed by atoms with Crippen LogP contribution >= 0.6 is 11.8 Å². The van der Waals surface area contributed by atoms with Gasteiger partial charge in [-0.05, 0) is 31.4 Å². The van der Waals surface area contributed by atoms with Gasteiger partial charge in [0.15, 0.2) is 0 Å². The minimum Gasteiger partial charge on any atom is -0.480 e. The molecule has 1 aliphatic heterocycles. The molecule has 0 radical (unpaired) electrons. The largest absolute Gasteiger partial charge is 0.480 e. The molecule has 1 heterocycles. The zero-order valence-corrected chi connectivity index (χ0v) is 12.1. The molecule has 2 N–H and O–H groups in total. The van der Waals surface area contributed by atoms with Crippen LogP contribution in [-0.2, 0) is 4.79 Å². The van der Waals surface area contributed by atoms with E-state index in [0.29, 0.717) is 17.6 Å². The number of hydrogen-bond donors (Lipinski definition) is 2. The normalized spacial score (nSPS) is 22.1. The molecule has 0 unspecified atom stereocenters. The highest BCUT2D eigenvalue weighted by Gasteiger charge is 2.31. The maximum absolute atomic E-state index is 12.1. The topological polar surface area (TPSA) is 69.6 Å². The van der Waals surface area contributed by atoms with Crippen molar-refractivity contribution < 1.29 is 14.7 Å². The summed E-state index contributed by atoms with van der Waals surface area (Å²) in [6.07, 6.45) is 6.85. The predicted octanol–water partition coefficient (Wildman–Crippen LogP) is 1.78. The monoisotopic (exact) mass is 286 g/mol. The summed E-state index contributed by atoms with van der Waals surface area (Å²) in [6.45, 7) is 1.46. The molecule has 6 heteroatoms. The van der Waals surface area contributed by atoms with Crippen molar-refractivity contribution in [2.24, 2.45) is 5.92 Å². The van der Waals surface area contributed by atoms with E-state index in [9.17, 15) is 9.59 Å². The van der Waals surface area contributed by atoms with Crippen LogP contribution in [0.4, 0.5) is 4.79 Å². The number of amides is 2. The molecular weight excluding hydrogens is 264 g/mol. The van der Waals surface area contributed by atoms with Crippen molar-refractivity contribution in [1.82, 2.24) is 10.2 Å². The average molecular weight is 286 g/mol. The van der Waals surface area contributed by atoms with Crippen LogP contribution in [0.15, 0.2) is 0 Å². The number of thioether (sulfide) groups is 1. The first-order valence-corrected chi connectivity index (χ1v) is 8.20. The van der Waals surface area contributed by atoms with Crippen LogP contribution in [0.3, 0.4) is 0 Å². The van der Waals surface area contributed by atoms with E-state index in [1.807, 2.05) is 11.8 Å². The standard InChI is InChI=1S/C13H22N2O3S/c1-19-10-4-6-15(7-5-10)13(18)14-11(12(16)17)8-9-2-3-9/h9-11H,2-8H2,1H3,(H,14,18)(H,16,17)/t11-/m0/s1. The van der Waals surface area contributed by atoms with Crippen molar-refractivity contribution in [3.63, 3.8) is 0 Å². The van der Waals surface area contributed by atoms with Crippen LogP contribution in [0.1, 0.15) is 32.1 Å². The van der Waals surface area contributed by atoms with E-state index in [2.05, 4.69) is 11.6 Å². The molecule has 2 aliphatic rings. The highest BCUT2D eigenvalue weighted by atomic mass is 32.2. The lowest BCUT2D eigenvalue weighted by molar-refractivity contribution is -0.139. The highest BCUT2D eigenvalue weighted by molar-refractivity contribution is 7.99. The van der Waals surface area contributed by atoms with Crippen molar-refractivity contribution in [1.29, 1.82) is 0 Å². The quantitative estimate of drug-likeness (QED) is 0.808. The molecule has 2 rings (SSSR count). The van der Waals surface area contributed by atoms with E-state index in [1.165, 1.54) is 0 Å². The molecule has 0 aromatic rings. The summed E-state index contributed by atoms with van der Waals surface area (Å²) in [6, 6.07) is -0.939. The molecule has 1 saturated heterocycles. The first-order chi connectivity index (χ1) is 9.10. The molecule has 0 aromatic heterocycles. The Morgan fingerprint density at radius 2 is 1.95 bits per heavy atom. The van der Waals surface area contributed by atoms with Gasteiger partial charge in [0.05, 0.1) is 0 Å². The number of nitrogens with one attached hydrogen (secondary N) is 1. The minimum atomic E-state index is -0.917. The lowest BCUT2D eigenvalue weighted by Gasteiger charge is -2.32. The second-order valence-electron chi connectivity index (χ2n) is 5.44. The maximum atomic E-state index is 12.1. The van der Waals surface area contributed by atoms with Crippen LogP contribution in [0.25, 0.3) is 0 Å². The summed E-state index contributed by atoms with van der Waals surface area (Å²) in [5.41, 5.74) is 0. The van der Waals surface area contributed by atoms with Crippen molar-refractivity contribution in [3.8, 4) is 0 Å². The molecule has 5 nitrogen and oxygen atoms in total. The molecule has 0 spiro atoms. The van der Waals surface area contributed by atoms with Crippen LogP contribution in [-0.4, -0.2) is 52.6 Å². The Hall–Kier alpha value is -0.910. The molecule has 2 fully saturated rings. The zero-order valence-electron chi connectivity index (χ0n) is 11.3. The second-order valence-corrected chi connectivity index (χ2v) is 6.58. The third-order valence-corrected chi connectivity index (χ3v) is 5.06. The van der Waals surface area contributed by atoms with Gasteiger partial charge in [-0.2, -0.15) is 11.8 Å². The van der Waals surface area contributed by atoms with Gasteiger partial charge in [-0.25, -0.2) is 9.59 Å². The summed E-state index contributed by atoms with van der Waals surface area (Å²) in [4.78, 5) is 24.9. The number of aliphatic carboxylic acids is 1. The van der Waals surface area contributed by atoms with Crippen molar-refractivity contribution in [2.45, 2.75) is 43.4 Å². The van der Waals surface area contributed by atoms with Crippen molar-refractivity contribution in [3.05, 3.63) is 0 Å². The number of rotatable bonds is 5. The summed E-state index contributed by atoms with van der Waals surface area (Å²) in [5, 5.41) is 12.4. The summed E-state index contributed by atoms with van der Waals surface area (Å²) in [5.74, 6) is -0.428. The fraction of sp³-hybridized carbons (Fsp3) is 0.846. The lowest BCUT2D eigenvalue weighted by atomic mass is 10.1. The third-order valence-electron chi connectivity index (χ3n) is 3.92. The number of nitrogens with zero attached hydrogens (tertiary/aromatic N) is 1. The maximum Gasteiger partial charge on any atom is 0.326 e. The predicted molar refractivity (Wildman–Crippen MR) is 75.4 cm³/mol. The summed E-state index contributed by atoms with van der Waals surface area (Å²) in [7, 11) is 0. The molecule has 0 aromatic carbocycles. The summed E-state index contributed by atoms with van der Waals surface area (Å²) >= 11 is 1.84. The molecule has 19 heavy (non-hydrogen) atoms. The number of carboxylic acids is 1. The average Bonchev–Trinajstić information content (AvgIpc) is 3.22. The van der Waals surface area contributed by atoms with Gasteiger partial charge in [-0.15, -0.1) is 0 Å². The van der Waals surface area contributed by atoms with Gasteiger partial charge in [0, 0.05) is 18.3 Å². The number of carbonyl (C=O) groups is 2. The molecule has 2 amide bonds. The molecule has 1 atom stereocenters. The molecule has 108 valence electrons. The third kappa shape index (κ3) is 4.30. The number of carbonyl (C=O) groups excluding carboxylic acids is 1. The van der Waals surface area contributed by atoms with Gasteiger partial charge in [-0.1, -0.05) is 12.8 Å². The molecular formula is C13H22N2O3S. The van der Waals surface area contributed by atoms with Crippen LogP contribution < -0.4 is 5.32 Å². The van der Waals surface area contributed by atoms with Crippen molar-refractivity contribution in [2.75, 3.05) is 19.3 Å². The van der Waals surface area contributed by atoms with Crippen LogP contribution in [0.5, 0.6) is 0 Å². The van der Waals surface area contributed by atoms with Crippen LogP contribution in [0.2, 0.25) is 0 Å². The van der Waals surface area contributed by atoms with E-state index < -0.39 is 12.0 Å². The van der Waals surface area contributed by atoms with Gasteiger partial charge in [0.25, 0.3) is 0 Å². The minimum absolute atomic E-state index is 0.215. The Morgan fingerprint density at radius 1 is 1.32 bits per heavy atom. The van der Waals surface area contributed by atoms with E-state index in [1.54, 1.807) is 4.90 Å². The van der Waals surface area contributed by atoms with E-state index in [4.69, 9.17) is 5.11 Å². The van der Waals surface area contributed by atoms with Gasteiger partial charge >= 0.3 is 12.0 Å². The lowest BCUT2D eigenvalue weighted by Crippen LogP contribution is -2.50. The Kier molecular flexibility index (Phi) is 4.96. The number of carboxylic acid groups (broad SMARTS) is 1. The van der Waals surface area contributed by atoms with Gasteiger partial charge in [0.1, 0.15) is 6.04 Å². The Morgan fingerprint density at radius 3 is 2.42 bits per heavy atom. The fourth-order valence-corrected chi connectivity index (χ4v) is 3.13. The molecule has 0 bridgehead atoms. The Labute approximate surface area is 118 Å². The fourth-order valence-electron chi connectivity index (χ4n) is 2.44. The SMILES string of the molecule is CSC1CCN(C(=O)N[C@@H](CC2CC2)C(=O)O)CC1. The number of urea groups is 1. The van der Waals surface area contributed by atoms with E-state index in [0.717, 1.165) is 38.8 Å². The van der Waals surface area contributed by atoms with E-state index >= 15 is 0 Å². The molecule has 1 aliphatic carbocycles. The first-order valence-electron chi connectivity index (χ1n) is 6.91.